The first-order chi connectivity index (χ1) is 14.1. The van der Waals surface area contributed by atoms with Crippen molar-refractivity contribution in [3.8, 4) is 0 Å². The first-order valence-corrected chi connectivity index (χ1v) is 12.6. The van der Waals surface area contributed by atoms with Crippen molar-refractivity contribution in [3.63, 3.8) is 0 Å². The molecule has 0 aromatic carbocycles. The molecule has 0 aliphatic carbocycles. The summed E-state index contributed by atoms with van der Waals surface area (Å²) < 4.78 is 0. The maximum atomic E-state index is 10.4. The summed E-state index contributed by atoms with van der Waals surface area (Å²) in [6.07, 6.45) is 22.1. The number of carboxylic acids is 1. The lowest BCUT2D eigenvalue weighted by Crippen LogP contribution is -2.13. The van der Waals surface area contributed by atoms with Crippen LogP contribution in [0.25, 0.3) is 0 Å². The molecule has 0 aromatic rings. The molecule has 0 saturated heterocycles. The predicted molar refractivity (Wildman–Crippen MR) is 122 cm³/mol. The van der Waals surface area contributed by atoms with Crippen molar-refractivity contribution in [2.75, 3.05) is 0 Å². The lowest BCUT2D eigenvalue weighted by molar-refractivity contribution is -0.137. The van der Waals surface area contributed by atoms with E-state index in [2.05, 4.69) is 6.92 Å². The molecule has 0 amide bonds. The van der Waals surface area contributed by atoms with E-state index in [4.69, 9.17) is 5.11 Å². The van der Waals surface area contributed by atoms with E-state index in [0.717, 1.165) is 57.8 Å². The maximum absolute atomic E-state index is 10.4. The summed E-state index contributed by atoms with van der Waals surface area (Å²) in [5.74, 6) is -0.681. The largest absolute Gasteiger partial charge is 0.481 e. The second-order valence-corrected chi connectivity index (χ2v) is 8.91. The van der Waals surface area contributed by atoms with Crippen LogP contribution in [0.4, 0.5) is 0 Å². The SMILES string of the molecule is CCCCCCCCC(O)CCC(O)CCCCCCCCCCCCC(=O)O. The molecule has 0 aliphatic heterocycles. The molecule has 0 rings (SSSR count). The summed E-state index contributed by atoms with van der Waals surface area (Å²) in [7, 11) is 0. The Morgan fingerprint density at radius 3 is 1.28 bits per heavy atom. The predicted octanol–water partition coefficient (Wildman–Crippen LogP) is 7.00. The van der Waals surface area contributed by atoms with E-state index in [9.17, 15) is 15.0 Å². The number of aliphatic carboxylic acids is 1. The van der Waals surface area contributed by atoms with Crippen LogP contribution in [0.5, 0.6) is 0 Å². The Labute approximate surface area is 180 Å². The first-order valence-electron chi connectivity index (χ1n) is 12.6. The van der Waals surface area contributed by atoms with Crippen LogP contribution < -0.4 is 0 Å². The third-order valence-electron chi connectivity index (χ3n) is 5.90. The van der Waals surface area contributed by atoms with Gasteiger partial charge in [0.05, 0.1) is 12.2 Å². The van der Waals surface area contributed by atoms with Gasteiger partial charge in [0.2, 0.25) is 0 Å². The van der Waals surface area contributed by atoms with Crippen molar-refractivity contribution in [3.05, 3.63) is 0 Å². The average Bonchev–Trinajstić information content (AvgIpc) is 2.69. The molecule has 0 aromatic heterocycles. The highest BCUT2D eigenvalue weighted by molar-refractivity contribution is 5.66. The molecular weight excluding hydrogens is 364 g/mol. The molecule has 0 saturated carbocycles. The number of hydrogen-bond acceptors (Lipinski definition) is 3. The highest BCUT2D eigenvalue weighted by atomic mass is 16.4. The highest BCUT2D eigenvalue weighted by Crippen LogP contribution is 2.16. The molecule has 174 valence electrons. The number of hydrogen-bond donors (Lipinski definition) is 3. The van der Waals surface area contributed by atoms with Crippen LogP contribution in [0.15, 0.2) is 0 Å². The minimum atomic E-state index is -0.681. The van der Waals surface area contributed by atoms with Crippen LogP contribution in [0.1, 0.15) is 142 Å². The minimum absolute atomic E-state index is 0.236. The smallest absolute Gasteiger partial charge is 0.303 e. The Hall–Kier alpha value is -0.610. The Morgan fingerprint density at radius 2 is 0.897 bits per heavy atom. The fourth-order valence-corrected chi connectivity index (χ4v) is 3.90. The van der Waals surface area contributed by atoms with E-state index >= 15 is 0 Å². The second kappa shape index (κ2) is 22.1. The lowest BCUT2D eigenvalue weighted by atomic mass is 10.00. The molecule has 0 bridgehead atoms. The van der Waals surface area contributed by atoms with Gasteiger partial charge in [-0.25, -0.2) is 0 Å². The molecular formula is C25H50O4. The van der Waals surface area contributed by atoms with Gasteiger partial charge in [-0.05, 0) is 32.1 Å². The van der Waals surface area contributed by atoms with Gasteiger partial charge in [0, 0.05) is 6.42 Å². The Balaban J connectivity index is 3.28. The van der Waals surface area contributed by atoms with Gasteiger partial charge in [-0.15, -0.1) is 0 Å². The van der Waals surface area contributed by atoms with Crippen LogP contribution in [0.2, 0.25) is 0 Å². The number of carbonyl (C=O) groups is 1. The minimum Gasteiger partial charge on any atom is -0.481 e. The summed E-state index contributed by atoms with van der Waals surface area (Å²) in [6, 6.07) is 0. The maximum Gasteiger partial charge on any atom is 0.303 e. The van der Waals surface area contributed by atoms with E-state index in [-0.39, 0.29) is 12.2 Å². The van der Waals surface area contributed by atoms with Crippen LogP contribution in [0.3, 0.4) is 0 Å². The number of rotatable bonds is 23. The van der Waals surface area contributed by atoms with Crippen LogP contribution in [0, 0.1) is 0 Å². The van der Waals surface area contributed by atoms with Crippen molar-refractivity contribution in [1.29, 1.82) is 0 Å². The molecule has 2 unspecified atom stereocenters. The normalized spacial score (nSPS) is 13.5. The molecule has 2 atom stereocenters. The molecule has 3 N–H and O–H groups in total. The molecule has 0 spiro atoms. The van der Waals surface area contributed by atoms with Crippen molar-refractivity contribution in [1.82, 2.24) is 0 Å². The fraction of sp³-hybridized carbons (Fsp3) is 0.960. The quantitative estimate of drug-likeness (QED) is 0.157. The third kappa shape index (κ3) is 23.5. The molecule has 0 radical (unpaired) electrons. The van der Waals surface area contributed by atoms with Crippen molar-refractivity contribution < 1.29 is 20.1 Å². The van der Waals surface area contributed by atoms with Crippen molar-refractivity contribution in [2.45, 2.75) is 154 Å². The Bertz CT molecular complexity index is 346. The van der Waals surface area contributed by atoms with Gasteiger partial charge in [-0.3, -0.25) is 4.79 Å². The topological polar surface area (TPSA) is 77.8 Å². The first kappa shape index (κ1) is 28.4. The standard InChI is InChI=1S/C25H50O4/c1-2-3-4-5-12-15-18-23(26)21-22-24(27)19-16-13-10-8-6-7-9-11-14-17-20-25(28)29/h23-24,26-27H,2-22H2,1H3,(H,28,29). The molecule has 4 nitrogen and oxygen atoms in total. The summed E-state index contributed by atoms with van der Waals surface area (Å²) in [5, 5.41) is 28.7. The zero-order valence-electron chi connectivity index (χ0n) is 19.3. The molecule has 0 heterocycles. The average molecular weight is 415 g/mol. The lowest BCUT2D eigenvalue weighted by Gasteiger charge is -2.14. The molecule has 0 aliphatic rings. The third-order valence-corrected chi connectivity index (χ3v) is 5.90. The monoisotopic (exact) mass is 414 g/mol. The molecule has 29 heavy (non-hydrogen) atoms. The van der Waals surface area contributed by atoms with Gasteiger partial charge in [0.25, 0.3) is 0 Å². The summed E-state index contributed by atoms with van der Waals surface area (Å²) in [5.41, 5.74) is 0. The summed E-state index contributed by atoms with van der Waals surface area (Å²) >= 11 is 0. The number of aliphatic hydroxyl groups excluding tert-OH is 2. The Kier molecular flexibility index (Phi) is 21.6. The fourth-order valence-electron chi connectivity index (χ4n) is 3.90. The van der Waals surface area contributed by atoms with E-state index in [1.165, 1.54) is 70.6 Å². The van der Waals surface area contributed by atoms with Gasteiger partial charge >= 0.3 is 5.97 Å². The number of unbranched alkanes of at least 4 members (excludes halogenated alkanes) is 14. The zero-order chi connectivity index (χ0) is 21.6. The van der Waals surface area contributed by atoms with Gasteiger partial charge in [0.1, 0.15) is 0 Å². The van der Waals surface area contributed by atoms with E-state index in [1.807, 2.05) is 0 Å². The molecule has 0 fully saturated rings. The van der Waals surface area contributed by atoms with E-state index < -0.39 is 5.97 Å². The van der Waals surface area contributed by atoms with Crippen molar-refractivity contribution in [2.24, 2.45) is 0 Å². The van der Waals surface area contributed by atoms with Gasteiger partial charge in [-0.2, -0.15) is 0 Å². The van der Waals surface area contributed by atoms with E-state index in [1.54, 1.807) is 0 Å². The second-order valence-electron chi connectivity index (χ2n) is 8.91. The van der Waals surface area contributed by atoms with Crippen LogP contribution >= 0.6 is 0 Å². The van der Waals surface area contributed by atoms with Gasteiger partial charge in [-0.1, -0.05) is 103 Å². The molecule has 4 heteroatoms. The van der Waals surface area contributed by atoms with Gasteiger partial charge < -0.3 is 15.3 Å². The highest BCUT2D eigenvalue weighted by Gasteiger charge is 2.09. The van der Waals surface area contributed by atoms with Crippen LogP contribution in [-0.4, -0.2) is 33.5 Å². The number of carboxylic acid groups (broad SMARTS) is 1. The van der Waals surface area contributed by atoms with Crippen LogP contribution in [-0.2, 0) is 4.79 Å². The van der Waals surface area contributed by atoms with Crippen molar-refractivity contribution >= 4 is 5.97 Å². The Morgan fingerprint density at radius 1 is 0.552 bits per heavy atom. The van der Waals surface area contributed by atoms with E-state index in [0.29, 0.717) is 6.42 Å². The van der Waals surface area contributed by atoms with Gasteiger partial charge in [0.15, 0.2) is 0 Å². The summed E-state index contributed by atoms with van der Waals surface area (Å²) in [4.78, 5) is 10.4. The summed E-state index contributed by atoms with van der Waals surface area (Å²) in [6.45, 7) is 2.23. The zero-order valence-corrected chi connectivity index (χ0v) is 19.3. The number of aliphatic hydroxyl groups is 2.